The monoisotopic (exact) mass is 328 g/mol. The van der Waals surface area contributed by atoms with Crippen LogP contribution in [0.1, 0.15) is 0 Å². The SMILES string of the molecule is c1ccc2cc3c(ccc4c3ccc3c5ccccc5ccc34)cc2c1. The first-order chi connectivity index (χ1) is 12.9. The van der Waals surface area contributed by atoms with Gasteiger partial charge in [-0.2, -0.15) is 0 Å². The van der Waals surface area contributed by atoms with Gasteiger partial charge in [-0.1, -0.05) is 84.9 Å². The molecule has 120 valence electrons. The molecule has 0 aromatic heterocycles. The number of hydrogen-bond acceptors (Lipinski definition) is 0. The molecule has 0 radical (unpaired) electrons. The van der Waals surface area contributed by atoms with Gasteiger partial charge in [0.15, 0.2) is 0 Å². The van der Waals surface area contributed by atoms with Crippen LogP contribution < -0.4 is 0 Å². The Hall–Kier alpha value is -3.38. The van der Waals surface area contributed by atoms with E-state index in [4.69, 9.17) is 0 Å². The molecule has 0 aliphatic rings. The Bertz CT molecular complexity index is 1460. The highest BCUT2D eigenvalue weighted by atomic mass is 14.1. The molecule has 0 N–H and O–H groups in total. The molecule has 26 heavy (non-hydrogen) atoms. The van der Waals surface area contributed by atoms with Crippen molar-refractivity contribution in [2.24, 2.45) is 0 Å². The maximum Gasteiger partial charge on any atom is -0.00987 e. The van der Waals surface area contributed by atoms with E-state index in [1.54, 1.807) is 0 Å². The highest BCUT2D eigenvalue weighted by molar-refractivity contribution is 6.23. The topological polar surface area (TPSA) is 0 Å². The third-order valence-corrected chi connectivity index (χ3v) is 5.61. The average Bonchev–Trinajstić information content (AvgIpc) is 2.71. The minimum Gasteiger partial charge on any atom is -0.0616 e. The van der Waals surface area contributed by atoms with Crippen molar-refractivity contribution in [3.8, 4) is 0 Å². The summed E-state index contributed by atoms with van der Waals surface area (Å²) in [6.07, 6.45) is 0. The van der Waals surface area contributed by atoms with Crippen molar-refractivity contribution in [3.63, 3.8) is 0 Å². The largest absolute Gasteiger partial charge is 0.0616 e. The zero-order valence-electron chi connectivity index (χ0n) is 14.2. The van der Waals surface area contributed by atoms with Gasteiger partial charge in [0, 0.05) is 0 Å². The molecule has 0 spiro atoms. The molecule has 0 nitrogen and oxygen atoms in total. The van der Waals surface area contributed by atoms with Crippen molar-refractivity contribution < 1.29 is 0 Å². The van der Waals surface area contributed by atoms with Gasteiger partial charge in [0.1, 0.15) is 0 Å². The van der Waals surface area contributed by atoms with Crippen molar-refractivity contribution in [3.05, 3.63) is 97.1 Å². The van der Waals surface area contributed by atoms with Crippen LogP contribution >= 0.6 is 0 Å². The molecule has 0 heterocycles. The van der Waals surface area contributed by atoms with Gasteiger partial charge in [-0.25, -0.2) is 0 Å². The average molecular weight is 328 g/mol. The molecule has 0 amide bonds. The maximum absolute atomic E-state index is 2.33. The van der Waals surface area contributed by atoms with Crippen LogP contribution in [0.2, 0.25) is 0 Å². The summed E-state index contributed by atoms with van der Waals surface area (Å²) in [6, 6.07) is 35.5. The second-order valence-corrected chi connectivity index (χ2v) is 7.03. The molecular formula is C26H16. The van der Waals surface area contributed by atoms with Gasteiger partial charge < -0.3 is 0 Å². The first-order valence-electron chi connectivity index (χ1n) is 9.04. The molecule has 6 aromatic carbocycles. The standard InChI is InChI=1S/C26H16/c1-2-7-19-16-26-20(15-18(19)6-1)10-12-24-23-11-9-17-5-3-4-8-21(17)22(23)13-14-25(24)26/h1-16H. The lowest BCUT2D eigenvalue weighted by Gasteiger charge is -2.11. The fourth-order valence-electron chi connectivity index (χ4n) is 4.33. The normalized spacial score (nSPS) is 11.8. The second kappa shape index (κ2) is 5.06. The van der Waals surface area contributed by atoms with E-state index in [9.17, 15) is 0 Å². The molecular weight excluding hydrogens is 312 g/mol. The Labute approximate surface area is 151 Å². The van der Waals surface area contributed by atoms with Gasteiger partial charge in [-0.05, 0) is 66.0 Å². The Balaban J connectivity index is 1.81. The smallest absolute Gasteiger partial charge is 0.00987 e. The van der Waals surface area contributed by atoms with E-state index in [0.717, 1.165) is 0 Å². The molecule has 0 saturated heterocycles. The Morgan fingerprint density at radius 2 is 0.769 bits per heavy atom. The third-order valence-electron chi connectivity index (χ3n) is 5.61. The molecule has 6 rings (SSSR count). The van der Waals surface area contributed by atoms with Gasteiger partial charge >= 0.3 is 0 Å². The van der Waals surface area contributed by atoms with Crippen molar-refractivity contribution in [1.82, 2.24) is 0 Å². The number of rotatable bonds is 0. The first-order valence-corrected chi connectivity index (χ1v) is 9.04. The fourth-order valence-corrected chi connectivity index (χ4v) is 4.33. The summed E-state index contributed by atoms with van der Waals surface area (Å²) in [4.78, 5) is 0. The molecule has 0 atom stereocenters. The van der Waals surface area contributed by atoms with E-state index in [1.165, 1.54) is 53.9 Å². The summed E-state index contributed by atoms with van der Waals surface area (Å²) < 4.78 is 0. The van der Waals surface area contributed by atoms with Gasteiger partial charge in [-0.3, -0.25) is 0 Å². The van der Waals surface area contributed by atoms with E-state index in [2.05, 4.69) is 97.1 Å². The van der Waals surface area contributed by atoms with Crippen LogP contribution in [-0.2, 0) is 0 Å². The van der Waals surface area contributed by atoms with Crippen molar-refractivity contribution >= 4 is 53.9 Å². The molecule has 0 aliphatic heterocycles. The van der Waals surface area contributed by atoms with Crippen LogP contribution in [0.25, 0.3) is 53.9 Å². The van der Waals surface area contributed by atoms with E-state index in [0.29, 0.717) is 0 Å². The summed E-state index contributed by atoms with van der Waals surface area (Å²) >= 11 is 0. The fraction of sp³-hybridized carbons (Fsp3) is 0. The zero-order valence-corrected chi connectivity index (χ0v) is 14.2. The second-order valence-electron chi connectivity index (χ2n) is 7.03. The van der Waals surface area contributed by atoms with Crippen LogP contribution in [0.4, 0.5) is 0 Å². The summed E-state index contributed by atoms with van der Waals surface area (Å²) in [5.41, 5.74) is 0. The zero-order chi connectivity index (χ0) is 17.1. The van der Waals surface area contributed by atoms with Crippen LogP contribution in [0, 0.1) is 0 Å². The van der Waals surface area contributed by atoms with Crippen LogP contribution in [0.15, 0.2) is 97.1 Å². The van der Waals surface area contributed by atoms with Gasteiger partial charge in [0.05, 0.1) is 0 Å². The Morgan fingerprint density at radius 1 is 0.269 bits per heavy atom. The molecule has 0 aliphatic carbocycles. The number of fused-ring (bicyclic) bond motifs is 8. The van der Waals surface area contributed by atoms with Crippen LogP contribution in [0.3, 0.4) is 0 Å². The van der Waals surface area contributed by atoms with E-state index in [1.807, 2.05) is 0 Å². The molecule has 0 heteroatoms. The van der Waals surface area contributed by atoms with E-state index in [-0.39, 0.29) is 0 Å². The molecule has 0 bridgehead atoms. The summed E-state index contributed by atoms with van der Waals surface area (Å²) in [7, 11) is 0. The van der Waals surface area contributed by atoms with E-state index < -0.39 is 0 Å². The number of hydrogen-bond donors (Lipinski definition) is 0. The molecule has 0 unspecified atom stereocenters. The molecule has 0 saturated carbocycles. The predicted octanol–water partition coefficient (Wildman–Crippen LogP) is 7.45. The van der Waals surface area contributed by atoms with Crippen LogP contribution in [0.5, 0.6) is 0 Å². The third kappa shape index (κ3) is 1.84. The highest BCUT2D eigenvalue weighted by Crippen LogP contribution is 2.35. The minimum absolute atomic E-state index is 1.30. The quantitative estimate of drug-likeness (QED) is 0.200. The van der Waals surface area contributed by atoms with Crippen LogP contribution in [-0.4, -0.2) is 0 Å². The summed E-state index contributed by atoms with van der Waals surface area (Å²) in [6.45, 7) is 0. The van der Waals surface area contributed by atoms with Gasteiger partial charge in [0.25, 0.3) is 0 Å². The van der Waals surface area contributed by atoms with Gasteiger partial charge in [-0.15, -0.1) is 0 Å². The summed E-state index contributed by atoms with van der Waals surface area (Å²) in [5, 5.41) is 13.2. The van der Waals surface area contributed by atoms with Crippen molar-refractivity contribution in [1.29, 1.82) is 0 Å². The van der Waals surface area contributed by atoms with Crippen molar-refractivity contribution in [2.45, 2.75) is 0 Å². The number of benzene rings is 6. The van der Waals surface area contributed by atoms with E-state index >= 15 is 0 Å². The highest BCUT2D eigenvalue weighted by Gasteiger charge is 2.08. The lowest BCUT2D eigenvalue weighted by Crippen LogP contribution is -1.83. The lowest BCUT2D eigenvalue weighted by molar-refractivity contribution is 1.78. The van der Waals surface area contributed by atoms with Crippen molar-refractivity contribution in [2.75, 3.05) is 0 Å². The molecule has 6 aromatic rings. The lowest BCUT2D eigenvalue weighted by atomic mass is 9.93. The Kier molecular flexibility index (Phi) is 2.70. The maximum atomic E-state index is 2.33. The summed E-state index contributed by atoms with van der Waals surface area (Å²) in [5.74, 6) is 0. The Morgan fingerprint density at radius 3 is 1.54 bits per heavy atom. The molecule has 0 fully saturated rings. The predicted molar refractivity (Wildman–Crippen MR) is 114 cm³/mol. The van der Waals surface area contributed by atoms with Gasteiger partial charge in [0.2, 0.25) is 0 Å². The minimum atomic E-state index is 1.30. The first kappa shape index (κ1) is 13.9.